The summed E-state index contributed by atoms with van der Waals surface area (Å²) in [7, 11) is 0. The zero-order valence-electron chi connectivity index (χ0n) is 18.3. The van der Waals surface area contributed by atoms with Crippen molar-refractivity contribution >= 4 is 17.6 Å². The van der Waals surface area contributed by atoms with Gasteiger partial charge in [0.1, 0.15) is 6.61 Å². The Balaban J connectivity index is 1.54. The predicted molar refractivity (Wildman–Crippen MR) is 128 cm³/mol. The zero-order chi connectivity index (χ0) is 23.2. The highest BCUT2D eigenvalue weighted by Gasteiger charge is 2.23. The summed E-state index contributed by atoms with van der Waals surface area (Å²) in [6, 6.07) is 19.0. The van der Waals surface area contributed by atoms with Gasteiger partial charge in [-0.2, -0.15) is 5.10 Å². The molecule has 0 aliphatic heterocycles. The molecule has 1 aliphatic carbocycles. The van der Waals surface area contributed by atoms with Crippen molar-refractivity contribution in [2.24, 2.45) is 11.8 Å². The molecule has 4 rings (SSSR count). The van der Waals surface area contributed by atoms with Gasteiger partial charge in [-0.3, -0.25) is 4.79 Å². The summed E-state index contributed by atoms with van der Waals surface area (Å²) < 4.78 is 6.84. The van der Waals surface area contributed by atoms with Gasteiger partial charge in [-0.15, -0.1) is 0 Å². The van der Waals surface area contributed by atoms with Gasteiger partial charge in [0.15, 0.2) is 0 Å². The Bertz CT molecular complexity index is 1150. The molecule has 1 N–H and O–H groups in total. The van der Waals surface area contributed by atoms with Crippen molar-refractivity contribution in [1.82, 2.24) is 9.78 Å². The summed E-state index contributed by atoms with van der Waals surface area (Å²) in [5, 5.41) is 14.1. The standard InChI is InChI=1S/C26H27ClN2O4/c27-22-8-4-7-21(13-22)26-23(20-5-2-1-3-6-20)14-24(30)29(28-26)15-18-9-11-19(12-10-18)16-33-17-25(31)32/h1-8,13-14,18-19H,9-12,15-17H2,(H,31,32). The minimum Gasteiger partial charge on any atom is -0.480 e. The number of benzene rings is 2. The summed E-state index contributed by atoms with van der Waals surface area (Å²) in [6.07, 6.45) is 3.84. The van der Waals surface area contributed by atoms with E-state index < -0.39 is 5.97 Å². The lowest BCUT2D eigenvalue weighted by atomic mass is 9.82. The second-order valence-corrected chi connectivity index (χ2v) is 9.04. The van der Waals surface area contributed by atoms with Gasteiger partial charge in [-0.25, -0.2) is 9.48 Å². The SMILES string of the molecule is O=C(O)COCC1CCC(Cn2nc(-c3cccc(Cl)c3)c(-c3ccccc3)cc2=O)CC1. The molecule has 7 heteroatoms. The van der Waals surface area contributed by atoms with Gasteiger partial charge < -0.3 is 9.84 Å². The Morgan fingerprint density at radius 1 is 1.00 bits per heavy atom. The van der Waals surface area contributed by atoms with E-state index >= 15 is 0 Å². The molecule has 33 heavy (non-hydrogen) atoms. The lowest BCUT2D eigenvalue weighted by Crippen LogP contribution is -2.29. The molecule has 0 atom stereocenters. The van der Waals surface area contributed by atoms with E-state index in [-0.39, 0.29) is 12.2 Å². The number of hydrogen-bond acceptors (Lipinski definition) is 4. The number of carbonyl (C=O) groups is 1. The molecule has 6 nitrogen and oxygen atoms in total. The van der Waals surface area contributed by atoms with Gasteiger partial charge >= 0.3 is 5.97 Å². The largest absolute Gasteiger partial charge is 0.480 e. The third kappa shape index (κ3) is 6.09. The molecule has 0 radical (unpaired) electrons. The van der Waals surface area contributed by atoms with Crippen LogP contribution in [-0.2, 0) is 16.1 Å². The van der Waals surface area contributed by atoms with Crippen molar-refractivity contribution < 1.29 is 14.6 Å². The Kier molecular flexibility index (Phi) is 7.57. The number of carboxylic acids is 1. The molecule has 0 unspecified atom stereocenters. The number of aliphatic carboxylic acids is 1. The van der Waals surface area contributed by atoms with Gasteiger partial charge in [0.25, 0.3) is 5.56 Å². The second-order valence-electron chi connectivity index (χ2n) is 8.60. The fraction of sp³-hybridized carbons (Fsp3) is 0.346. The number of aromatic nitrogens is 2. The van der Waals surface area contributed by atoms with Crippen molar-refractivity contribution in [2.75, 3.05) is 13.2 Å². The highest BCUT2D eigenvalue weighted by molar-refractivity contribution is 6.30. The molecule has 0 bridgehead atoms. The fourth-order valence-corrected chi connectivity index (χ4v) is 4.64. The molecule has 1 fully saturated rings. The minimum absolute atomic E-state index is 0.119. The Hall–Kier alpha value is -2.96. The summed E-state index contributed by atoms with van der Waals surface area (Å²) in [5.41, 5.74) is 3.21. The average molecular weight is 467 g/mol. The van der Waals surface area contributed by atoms with Crippen LogP contribution in [0.3, 0.4) is 0 Å². The molecule has 2 aromatic carbocycles. The molecule has 1 saturated carbocycles. The Labute approximate surface area is 197 Å². The first-order valence-electron chi connectivity index (χ1n) is 11.2. The maximum absolute atomic E-state index is 13.0. The van der Waals surface area contributed by atoms with E-state index in [1.807, 2.05) is 54.6 Å². The predicted octanol–water partition coefficient (Wildman–Crippen LogP) is 5.14. The second kappa shape index (κ2) is 10.8. The maximum atomic E-state index is 13.0. The number of nitrogens with zero attached hydrogens (tertiary/aromatic N) is 2. The van der Waals surface area contributed by atoms with Gasteiger partial charge in [0.05, 0.1) is 12.3 Å². The topological polar surface area (TPSA) is 81.4 Å². The highest BCUT2D eigenvalue weighted by atomic mass is 35.5. The molecule has 0 spiro atoms. The van der Waals surface area contributed by atoms with E-state index in [2.05, 4.69) is 0 Å². The first-order chi connectivity index (χ1) is 16.0. The Morgan fingerprint density at radius 2 is 1.70 bits per heavy atom. The molecule has 3 aromatic rings. The average Bonchev–Trinajstić information content (AvgIpc) is 2.81. The number of rotatable bonds is 8. The molecule has 0 amide bonds. The Morgan fingerprint density at radius 3 is 2.39 bits per heavy atom. The summed E-state index contributed by atoms with van der Waals surface area (Å²) in [6.45, 7) is 0.783. The van der Waals surface area contributed by atoms with E-state index in [4.69, 9.17) is 26.5 Å². The van der Waals surface area contributed by atoms with Crippen LogP contribution in [0, 0.1) is 11.8 Å². The van der Waals surface area contributed by atoms with Crippen molar-refractivity contribution in [3.63, 3.8) is 0 Å². The van der Waals surface area contributed by atoms with Gasteiger partial charge in [-0.1, -0.05) is 54.1 Å². The van der Waals surface area contributed by atoms with E-state index in [9.17, 15) is 9.59 Å². The van der Waals surface area contributed by atoms with Crippen LogP contribution in [0.2, 0.25) is 5.02 Å². The molecular formula is C26H27ClN2O4. The molecule has 172 valence electrons. The van der Waals surface area contributed by atoms with Gasteiger partial charge in [-0.05, 0) is 55.2 Å². The van der Waals surface area contributed by atoms with Crippen LogP contribution < -0.4 is 5.56 Å². The monoisotopic (exact) mass is 466 g/mol. The number of halogens is 1. The number of carboxylic acid groups (broad SMARTS) is 1. The fourth-order valence-electron chi connectivity index (χ4n) is 4.45. The van der Waals surface area contributed by atoms with E-state index in [0.29, 0.717) is 30.0 Å². The number of hydrogen-bond donors (Lipinski definition) is 1. The molecule has 0 saturated heterocycles. The van der Waals surface area contributed by atoms with E-state index in [1.54, 1.807) is 10.7 Å². The first kappa shape index (κ1) is 23.2. The number of ether oxygens (including phenoxy) is 1. The van der Waals surface area contributed by atoms with Crippen LogP contribution in [0.1, 0.15) is 25.7 Å². The van der Waals surface area contributed by atoms with Gasteiger partial charge in [0, 0.05) is 28.8 Å². The summed E-state index contributed by atoms with van der Waals surface area (Å²) >= 11 is 6.25. The highest BCUT2D eigenvalue weighted by Crippen LogP contribution is 2.32. The summed E-state index contributed by atoms with van der Waals surface area (Å²) in [4.78, 5) is 23.6. The quantitative estimate of drug-likeness (QED) is 0.497. The van der Waals surface area contributed by atoms with Crippen LogP contribution in [-0.4, -0.2) is 34.1 Å². The summed E-state index contributed by atoms with van der Waals surface area (Å²) in [5.74, 6) is -0.225. The van der Waals surface area contributed by atoms with Crippen LogP contribution in [0.15, 0.2) is 65.5 Å². The third-order valence-electron chi connectivity index (χ3n) is 6.16. The first-order valence-corrected chi connectivity index (χ1v) is 11.6. The zero-order valence-corrected chi connectivity index (χ0v) is 19.1. The van der Waals surface area contributed by atoms with E-state index in [0.717, 1.165) is 48.1 Å². The molecule has 1 heterocycles. The van der Waals surface area contributed by atoms with Gasteiger partial charge in [0.2, 0.25) is 0 Å². The molecular weight excluding hydrogens is 440 g/mol. The lowest BCUT2D eigenvalue weighted by Gasteiger charge is -2.28. The normalized spacial score (nSPS) is 18.2. The van der Waals surface area contributed by atoms with Crippen molar-refractivity contribution in [3.05, 3.63) is 76.0 Å². The van der Waals surface area contributed by atoms with E-state index in [1.165, 1.54) is 0 Å². The maximum Gasteiger partial charge on any atom is 0.329 e. The van der Waals surface area contributed by atoms with Crippen LogP contribution in [0.25, 0.3) is 22.4 Å². The minimum atomic E-state index is -0.941. The van der Waals surface area contributed by atoms with Crippen LogP contribution in [0.4, 0.5) is 0 Å². The lowest BCUT2D eigenvalue weighted by molar-refractivity contribution is -0.142. The van der Waals surface area contributed by atoms with Crippen LogP contribution >= 0.6 is 11.6 Å². The third-order valence-corrected chi connectivity index (χ3v) is 6.39. The smallest absolute Gasteiger partial charge is 0.329 e. The van der Waals surface area contributed by atoms with Crippen molar-refractivity contribution in [1.29, 1.82) is 0 Å². The molecule has 1 aliphatic rings. The van der Waals surface area contributed by atoms with Crippen molar-refractivity contribution in [3.8, 4) is 22.4 Å². The molecule has 1 aromatic heterocycles. The van der Waals surface area contributed by atoms with Crippen molar-refractivity contribution in [2.45, 2.75) is 32.2 Å². The van der Waals surface area contributed by atoms with Crippen LogP contribution in [0.5, 0.6) is 0 Å².